The fraction of sp³-hybridized carbons (Fsp3) is 1.00. The first-order valence-electron chi connectivity index (χ1n) is 5.57. The van der Waals surface area contributed by atoms with E-state index < -0.39 is 5.60 Å². The van der Waals surface area contributed by atoms with Crippen molar-refractivity contribution in [1.29, 1.82) is 0 Å². The van der Waals surface area contributed by atoms with Gasteiger partial charge in [-0.1, -0.05) is 13.8 Å². The topological polar surface area (TPSA) is 35.5 Å². The van der Waals surface area contributed by atoms with Crippen molar-refractivity contribution in [2.24, 2.45) is 5.92 Å². The molecule has 1 heterocycles. The smallest absolute Gasteiger partial charge is 0.0768 e. The highest BCUT2D eigenvalue weighted by atomic mass is 16.3. The van der Waals surface area contributed by atoms with E-state index in [2.05, 4.69) is 31.1 Å². The summed E-state index contributed by atoms with van der Waals surface area (Å²) in [6.07, 6.45) is 1.20. The molecule has 0 bridgehead atoms. The summed E-state index contributed by atoms with van der Waals surface area (Å²) in [7, 11) is 2.11. The molecular formula is C11H24N2O. The summed E-state index contributed by atoms with van der Waals surface area (Å²) in [5, 5.41) is 13.5. The molecule has 84 valence electrons. The van der Waals surface area contributed by atoms with Crippen molar-refractivity contribution in [3.63, 3.8) is 0 Å². The van der Waals surface area contributed by atoms with Gasteiger partial charge in [0.15, 0.2) is 0 Å². The molecule has 3 heteroatoms. The molecule has 1 aliphatic rings. The molecule has 2 atom stereocenters. The second-order valence-corrected chi connectivity index (χ2v) is 5.07. The predicted molar refractivity (Wildman–Crippen MR) is 59.4 cm³/mol. The molecular weight excluding hydrogens is 176 g/mol. The van der Waals surface area contributed by atoms with E-state index in [0.717, 1.165) is 19.6 Å². The zero-order valence-corrected chi connectivity index (χ0v) is 9.88. The first kappa shape index (κ1) is 12.0. The first-order valence-corrected chi connectivity index (χ1v) is 5.57. The van der Waals surface area contributed by atoms with E-state index in [0.29, 0.717) is 12.0 Å². The summed E-state index contributed by atoms with van der Waals surface area (Å²) in [6, 6.07) is 0.597. The summed E-state index contributed by atoms with van der Waals surface area (Å²) >= 11 is 0. The van der Waals surface area contributed by atoms with Crippen LogP contribution < -0.4 is 5.32 Å². The van der Waals surface area contributed by atoms with Gasteiger partial charge in [-0.15, -0.1) is 0 Å². The van der Waals surface area contributed by atoms with Crippen LogP contribution >= 0.6 is 0 Å². The van der Waals surface area contributed by atoms with Crippen molar-refractivity contribution >= 4 is 0 Å². The molecule has 0 aliphatic carbocycles. The van der Waals surface area contributed by atoms with Crippen LogP contribution in [0.1, 0.15) is 27.2 Å². The number of hydrogen-bond acceptors (Lipinski definition) is 3. The molecule has 0 aromatic rings. The highest BCUT2D eigenvalue weighted by molar-refractivity contribution is 4.85. The van der Waals surface area contributed by atoms with Crippen molar-refractivity contribution in [3.8, 4) is 0 Å². The summed E-state index contributed by atoms with van der Waals surface area (Å²) in [6.45, 7) is 9.00. The van der Waals surface area contributed by atoms with Crippen molar-refractivity contribution < 1.29 is 5.11 Å². The Morgan fingerprint density at radius 3 is 2.64 bits per heavy atom. The normalized spacial score (nSPS) is 27.2. The standard InChI is InChI=1S/C11H24N2O/c1-9(2)11(3,14)8-13(4)10-5-6-12-7-10/h9-10,12,14H,5-8H2,1-4H3. The summed E-state index contributed by atoms with van der Waals surface area (Å²) in [4.78, 5) is 2.28. The minimum Gasteiger partial charge on any atom is -0.389 e. The van der Waals surface area contributed by atoms with Gasteiger partial charge < -0.3 is 10.4 Å². The van der Waals surface area contributed by atoms with Crippen molar-refractivity contribution in [2.45, 2.75) is 38.8 Å². The van der Waals surface area contributed by atoms with Crippen molar-refractivity contribution in [1.82, 2.24) is 10.2 Å². The van der Waals surface area contributed by atoms with Gasteiger partial charge in [-0.25, -0.2) is 0 Å². The molecule has 0 aromatic carbocycles. The van der Waals surface area contributed by atoms with Gasteiger partial charge in [-0.05, 0) is 32.9 Å². The molecule has 1 aliphatic heterocycles. The van der Waals surface area contributed by atoms with Gasteiger partial charge in [0.1, 0.15) is 0 Å². The molecule has 0 spiro atoms. The summed E-state index contributed by atoms with van der Waals surface area (Å²) in [5.41, 5.74) is -0.572. The average molecular weight is 200 g/mol. The van der Waals surface area contributed by atoms with E-state index in [-0.39, 0.29) is 0 Å². The molecule has 1 rings (SSSR count). The van der Waals surface area contributed by atoms with Gasteiger partial charge in [0.25, 0.3) is 0 Å². The zero-order chi connectivity index (χ0) is 10.8. The molecule has 3 nitrogen and oxygen atoms in total. The third-order valence-electron chi connectivity index (χ3n) is 3.47. The van der Waals surface area contributed by atoms with Crippen LogP contribution in [0.15, 0.2) is 0 Å². The van der Waals surface area contributed by atoms with Crippen LogP contribution in [0, 0.1) is 5.92 Å². The third kappa shape index (κ3) is 2.94. The third-order valence-corrected chi connectivity index (χ3v) is 3.47. The monoisotopic (exact) mass is 200 g/mol. The first-order chi connectivity index (χ1) is 6.43. The molecule has 1 fully saturated rings. The Morgan fingerprint density at radius 2 is 2.21 bits per heavy atom. The van der Waals surface area contributed by atoms with Gasteiger partial charge >= 0.3 is 0 Å². The highest BCUT2D eigenvalue weighted by Gasteiger charge is 2.29. The Kier molecular flexibility index (Phi) is 3.93. The van der Waals surface area contributed by atoms with Gasteiger partial charge in [-0.2, -0.15) is 0 Å². The van der Waals surface area contributed by atoms with E-state index in [4.69, 9.17) is 0 Å². The van der Waals surface area contributed by atoms with Crippen molar-refractivity contribution in [2.75, 3.05) is 26.7 Å². The number of rotatable bonds is 4. The Labute approximate surface area is 87.5 Å². The fourth-order valence-corrected chi connectivity index (χ4v) is 1.83. The average Bonchev–Trinajstić information content (AvgIpc) is 2.54. The molecule has 0 amide bonds. The fourth-order valence-electron chi connectivity index (χ4n) is 1.83. The lowest BCUT2D eigenvalue weighted by Gasteiger charge is -2.35. The van der Waals surface area contributed by atoms with Gasteiger partial charge in [0.05, 0.1) is 5.60 Å². The SMILES string of the molecule is CC(C)C(C)(O)CN(C)C1CCNC1. The zero-order valence-electron chi connectivity index (χ0n) is 9.88. The van der Waals surface area contributed by atoms with Crippen LogP contribution in [0.3, 0.4) is 0 Å². The van der Waals surface area contributed by atoms with E-state index in [9.17, 15) is 5.11 Å². The predicted octanol–water partition coefficient (Wildman–Crippen LogP) is 0.687. The molecule has 2 N–H and O–H groups in total. The maximum atomic E-state index is 10.2. The second kappa shape index (κ2) is 4.60. The van der Waals surface area contributed by atoms with Gasteiger partial charge in [0, 0.05) is 19.1 Å². The van der Waals surface area contributed by atoms with E-state index in [1.165, 1.54) is 6.42 Å². The van der Waals surface area contributed by atoms with E-state index in [1.54, 1.807) is 0 Å². The minimum absolute atomic E-state index is 0.305. The van der Waals surface area contributed by atoms with Crippen LogP contribution in [0.5, 0.6) is 0 Å². The summed E-state index contributed by atoms with van der Waals surface area (Å²) < 4.78 is 0. The van der Waals surface area contributed by atoms with E-state index >= 15 is 0 Å². The van der Waals surface area contributed by atoms with Crippen LogP contribution in [-0.4, -0.2) is 48.3 Å². The molecule has 0 aromatic heterocycles. The number of nitrogens with one attached hydrogen (secondary N) is 1. The van der Waals surface area contributed by atoms with Crippen LogP contribution in [0.4, 0.5) is 0 Å². The highest BCUT2D eigenvalue weighted by Crippen LogP contribution is 2.19. The lowest BCUT2D eigenvalue weighted by atomic mass is 9.91. The Hall–Kier alpha value is -0.120. The van der Waals surface area contributed by atoms with Gasteiger partial charge in [0.2, 0.25) is 0 Å². The largest absolute Gasteiger partial charge is 0.389 e. The Balaban J connectivity index is 2.42. The van der Waals surface area contributed by atoms with Crippen LogP contribution in [0.2, 0.25) is 0 Å². The van der Waals surface area contributed by atoms with Crippen LogP contribution in [0.25, 0.3) is 0 Å². The number of hydrogen-bond donors (Lipinski definition) is 2. The molecule has 0 saturated carbocycles. The maximum Gasteiger partial charge on any atom is 0.0768 e. The summed E-state index contributed by atoms with van der Waals surface area (Å²) in [5.74, 6) is 0.305. The molecule has 1 saturated heterocycles. The maximum absolute atomic E-state index is 10.2. The Bertz CT molecular complexity index is 174. The van der Waals surface area contributed by atoms with Crippen molar-refractivity contribution in [3.05, 3.63) is 0 Å². The second-order valence-electron chi connectivity index (χ2n) is 5.07. The number of nitrogens with zero attached hydrogens (tertiary/aromatic N) is 1. The van der Waals surface area contributed by atoms with Gasteiger partial charge in [-0.3, -0.25) is 4.90 Å². The lowest BCUT2D eigenvalue weighted by Crippen LogP contribution is -2.47. The quantitative estimate of drug-likeness (QED) is 0.701. The molecule has 14 heavy (non-hydrogen) atoms. The van der Waals surface area contributed by atoms with E-state index in [1.807, 2.05) is 6.92 Å². The number of likely N-dealkylation sites (N-methyl/N-ethyl adjacent to an activating group) is 1. The minimum atomic E-state index is -0.572. The Morgan fingerprint density at radius 1 is 1.57 bits per heavy atom. The molecule has 2 unspecified atom stereocenters. The molecule has 0 radical (unpaired) electrons. The van der Waals surface area contributed by atoms with Crippen LogP contribution in [-0.2, 0) is 0 Å². The lowest BCUT2D eigenvalue weighted by molar-refractivity contribution is -0.0203. The number of aliphatic hydroxyl groups is 1.